The van der Waals surface area contributed by atoms with Crippen LogP contribution in [0.5, 0.6) is 0 Å². The van der Waals surface area contributed by atoms with E-state index in [2.05, 4.69) is 5.32 Å². The molecule has 1 saturated heterocycles. The van der Waals surface area contributed by atoms with E-state index in [0.717, 1.165) is 28.9 Å². The predicted molar refractivity (Wildman–Crippen MR) is 118 cm³/mol. The van der Waals surface area contributed by atoms with E-state index in [9.17, 15) is 14.4 Å². The second-order valence-corrected chi connectivity index (χ2v) is 9.12. The molecule has 0 unspecified atom stereocenters. The quantitative estimate of drug-likeness (QED) is 0.580. The monoisotopic (exact) mass is 416 g/mol. The second-order valence-electron chi connectivity index (χ2n) is 9.12. The molecule has 2 fully saturated rings. The molecule has 0 aromatic heterocycles. The molecule has 3 aliphatic rings. The van der Waals surface area contributed by atoms with Crippen LogP contribution in [0.1, 0.15) is 77.9 Å². The molecular formula is C26H28N2O3. The Labute approximate surface area is 182 Å². The number of carbonyl (C=O) groups excluding carboxylic acids is 3. The molecule has 0 bridgehead atoms. The highest BCUT2D eigenvalue weighted by Gasteiger charge is 2.54. The van der Waals surface area contributed by atoms with Crippen molar-refractivity contribution in [3.05, 3.63) is 70.8 Å². The SMILES string of the molecule is O=C(CN1C(=O)N[C@@]2(CCCc3ccccc32)C1=O)c1ccc(C2CCCCC2)cc1. The Kier molecular flexibility index (Phi) is 5.12. The molecule has 2 aromatic carbocycles. The number of hydrogen-bond acceptors (Lipinski definition) is 3. The van der Waals surface area contributed by atoms with Crippen LogP contribution in [0.15, 0.2) is 48.5 Å². The first-order valence-electron chi connectivity index (χ1n) is 11.4. The molecule has 2 aromatic rings. The summed E-state index contributed by atoms with van der Waals surface area (Å²) >= 11 is 0. The van der Waals surface area contributed by atoms with E-state index in [1.54, 1.807) is 0 Å². The van der Waals surface area contributed by atoms with Gasteiger partial charge in [0.15, 0.2) is 5.78 Å². The van der Waals surface area contributed by atoms with Gasteiger partial charge in [-0.15, -0.1) is 0 Å². The number of aryl methyl sites for hydroxylation is 1. The maximum atomic E-state index is 13.4. The molecule has 5 nitrogen and oxygen atoms in total. The zero-order valence-electron chi connectivity index (χ0n) is 17.7. The molecule has 5 heteroatoms. The Bertz CT molecular complexity index is 1020. The highest BCUT2D eigenvalue weighted by molar-refractivity contribution is 6.11. The summed E-state index contributed by atoms with van der Waals surface area (Å²) in [5, 5.41) is 2.92. The minimum Gasteiger partial charge on any atom is -0.319 e. The number of ketones is 1. The lowest BCUT2D eigenvalue weighted by Gasteiger charge is -2.33. The minimum atomic E-state index is -1.03. The van der Waals surface area contributed by atoms with Crippen molar-refractivity contribution in [1.29, 1.82) is 0 Å². The fourth-order valence-electron chi connectivity index (χ4n) is 5.57. The molecule has 0 radical (unpaired) electrons. The lowest BCUT2D eigenvalue weighted by molar-refractivity contribution is -0.131. The highest BCUT2D eigenvalue weighted by atomic mass is 16.2. The summed E-state index contributed by atoms with van der Waals surface area (Å²) in [7, 11) is 0. The van der Waals surface area contributed by atoms with E-state index >= 15 is 0 Å². The summed E-state index contributed by atoms with van der Waals surface area (Å²) in [6.07, 6.45) is 8.55. The Hall–Kier alpha value is -2.95. The van der Waals surface area contributed by atoms with Crippen molar-refractivity contribution in [3.63, 3.8) is 0 Å². The van der Waals surface area contributed by atoms with Crippen LogP contribution in [0.4, 0.5) is 4.79 Å². The average Bonchev–Trinajstić information content (AvgIpc) is 3.04. The molecule has 1 heterocycles. The topological polar surface area (TPSA) is 66.5 Å². The van der Waals surface area contributed by atoms with Gasteiger partial charge in [-0.2, -0.15) is 0 Å². The molecule has 1 atom stereocenters. The summed E-state index contributed by atoms with van der Waals surface area (Å²) in [5.41, 5.74) is 2.76. The van der Waals surface area contributed by atoms with Crippen molar-refractivity contribution >= 4 is 17.7 Å². The van der Waals surface area contributed by atoms with Crippen LogP contribution < -0.4 is 5.32 Å². The second kappa shape index (κ2) is 7.95. The van der Waals surface area contributed by atoms with Crippen LogP contribution >= 0.6 is 0 Å². The number of fused-ring (bicyclic) bond motifs is 2. The number of urea groups is 1. The molecule has 1 saturated carbocycles. The van der Waals surface area contributed by atoms with Crippen LogP contribution in [0, 0.1) is 0 Å². The third-order valence-corrected chi connectivity index (χ3v) is 7.26. The van der Waals surface area contributed by atoms with Gasteiger partial charge in [-0.1, -0.05) is 67.8 Å². The maximum Gasteiger partial charge on any atom is 0.325 e. The molecule has 2 aliphatic carbocycles. The average molecular weight is 417 g/mol. The van der Waals surface area contributed by atoms with E-state index < -0.39 is 11.6 Å². The fraction of sp³-hybridized carbons (Fsp3) is 0.423. The third-order valence-electron chi connectivity index (χ3n) is 7.26. The minimum absolute atomic E-state index is 0.208. The zero-order valence-corrected chi connectivity index (χ0v) is 17.7. The van der Waals surface area contributed by atoms with Gasteiger partial charge in [-0.3, -0.25) is 14.5 Å². The summed E-state index contributed by atoms with van der Waals surface area (Å²) in [4.78, 5) is 40.1. The van der Waals surface area contributed by atoms with Gasteiger partial charge in [-0.25, -0.2) is 4.79 Å². The molecule has 3 amide bonds. The van der Waals surface area contributed by atoms with Gasteiger partial charge in [0.2, 0.25) is 0 Å². The largest absolute Gasteiger partial charge is 0.325 e. The number of amides is 3. The smallest absolute Gasteiger partial charge is 0.319 e. The van der Waals surface area contributed by atoms with Gasteiger partial charge in [-0.05, 0) is 54.7 Å². The van der Waals surface area contributed by atoms with Crippen LogP contribution in [-0.4, -0.2) is 29.2 Å². The molecule has 5 rings (SSSR count). The van der Waals surface area contributed by atoms with Gasteiger partial charge in [0.05, 0.1) is 6.54 Å². The van der Waals surface area contributed by atoms with Gasteiger partial charge in [0.25, 0.3) is 5.91 Å². The van der Waals surface area contributed by atoms with Crippen molar-refractivity contribution in [1.82, 2.24) is 10.2 Å². The van der Waals surface area contributed by atoms with E-state index in [4.69, 9.17) is 0 Å². The number of benzene rings is 2. The van der Waals surface area contributed by atoms with Crippen molar-refractivity contribution in [2.24, 2.45) is 0 Å². The molecule has 160 valence electrons. The fourth-order valence-corrected chi connectivity index (χ4v) is 5.57. The first kappa shape index (κ1) is 20.0. The molecule has 1 spiro atoms. The molecule has 1 N–H and O–H groups in total. The first-order valence-corrected chi connectivity index (χ1v) is 11.4. The van der Waals surface area contributed by atoms with Crippen LogP contribution in [0.25, 0.3) is 0 Å². The number of rotatable bonds is 4. The van der Waals surface area contributed by atoms with Crippen molar-refractivity contribution in [2.75, 3.05) is 6.54 Å². The number of nitrogens with zero attached hydrogens (tertiary/aromatic N) is 1. The van der Waals surface area contributed by atoms with E-state index in [1.165, 1.54) is 37.7 Å². The summed E-state index contributed by atoms with van der Waals surface area (Å²) in [5.74, 6) is 0.0618. The van der Waals surface area contributed by atoms with E-state index in [0.29, 0.717) is 17.9 Å². The summed E-state index contributed by atoms with van der Waals surface area (Å²) in [6, 6.07) is 15.1. The zero-order chi connectivity index (χ0) is 21.4. The lowest BCUT2D eigenvalue weighted by Crippen LogP contribution is -2.46. The number of imide groups is 1. The van der Waals surface area contributed by atoms with Crippen molar-refractivity contribution < 1.29 is 14.4 Å². The van der Waals surface area contributed by atoms with Crippen molar-refractivity contribution in [3.8, 4) is 0 Å². The number of nitrogens with one attached hydrogen (secondary N) is 1. The Balaban J connectivity index is 1.33. The number of carbonyl (C=O) groups is 3. The van der Waals surface area contributed by atoms with Crippen LogP contribution in [0.3, 0.4) is 0 Å². The predicted octanol–water partition coefficient (Wildman–Crippen LogP) is 4.70. The van der Waals surface area contributed by atoms with Gasteiger partial charge in [0, 0.05) is 5.56 Å². The van der Waals surface area contributed by atoms with Crippen LogP contribution in [-0.2, 0) is 16.8 Å². The lowest BCUT2D eigenvalue weighted by atomic mass is 9.76. The number of hydrogen-bond donors (Lipinski definition) is 1. The standard InChI is InChI=1S/C26H28N2O3/c29-23(21-14-12-19(13-15-21)18-7-2-1-3-8-18)17-28-24(30)26(27-25(28)31)16-6-10-20-9-4-5-11-22(20)26/h4-5,9,11-15,18H,1-3,6-8,10,16-17H2,(H,27,31)/t26-/m1/s1. The van der Waals surface area contributed by atoms with E-state index in [1.807, 2.05) is 48.5 Å². The van der Waals surface area contributed by atoms with Gasteiger partial charge < -0.3 is 5.32 Å². The normalized spacial score (nSPS) is 23.7. The molecular weight excluding hydrogens is 388 g/mol. The van der Waals surface area contributed by atoms with Crippen molar-refractivity contribution in [2.45, 2.75) is 62.8 Å². The Morgan fingerprint density at radius 3 is 2.48 bits per heavy atom. The van der Waals surface area contributed by atoms with Gasteiger partial charge in [0.1, 0.15) is 5.54 Å². The summed E-state index contributed by atoms with van der Waals surface area (Å²) < 4.78 is 0. The third kappa shape index (κ3) is 3.46. The highest BCUT2D eigenvalue weighted by Crippen LogP contribution is 2.40. The Morgan fingerprint density at radius 1 is 0.968 bits per heavy atom. The Morgan fingerprint density at radius 2 is 1.71 bits per heavy atom. The molecule has 31 heavy (non-hydrogen) atoms. The van der Waals surface area contributed by atoms with Gasteiger partial charge >= 0.3 is 6.03 Å². The maximum absolute atomic E-state index is 13.4. The van der Waals surface area contributed by atoms with Crippen LogP contribution in [0.2, 0.25) is 0 Å². The number of Topliss-reactive ketones (excluding diaryl/α,β-unsaturated/α-hetero) is 1. The molecule has 1 aliphatic heterocycles. The summed E-state index contributed by atoms with van der Waals surface area (Å²) in [6.45, 7) is -0.225. The van der Waals surface area contributed by atoms with E-state index in [-0.39, 0.29) is 18.2 Å². The first-order chi connectivity index (χ1) is 15.1.